The largest absolute Gasteiger partial charge is 0.481 e. The zero-order valence-electron chi connectivity index (χ0n) is 19.1. The van der Waals surface area contributed by atoms with Gasteiger partial charge in [0, 0.05) is 18.9 Å². The predicted molar refractivity (Wildman–Crippen MR) is 132 cm³/mol. The van der Waals surface area contributed by atoms with Crippen LogP contribution < -0.4 is 5.32 Å². The van der Waals surface area contributed by atoms with E-state index in [1.807, 2.05) is 48.5 Å². The fourth-order valence-electron chi connectivity index (χ4n) is 4.65. The smallest absolute Gasteiger partial charge is 0.304 e. The van der Waals surface area contributed by atoms with Crippen LogP contribution >= 0.6 is 0 Å². The zero-order chi connectivity index (χ0) is 23.9. The number of nitrogens with one attached hydrogen (secondary N) is 1. The van der Waals surface area contributed by atoms with Gasteiger partial charge in [0.15, 0.2) is 0 Å². The molecule has 0 aromatic heterocycles. The maximum absolute atomic E-state index is 12.8. The Morgan fingerprint density at radius 2 is 1.50 bits per heavy atom. The Balaban J connectivity index is 1.30. The number of aliphatic carboxylic acids is 1. The molecule has 0 spiro atoms. The average Bonchev–Trinajstić information content (AvgIpc) is 3.62. The molecule has 0 radical (unpaired) electrons. The summed E-state index contributed by atoms with van der Waals surface area (Å²) < 4.78 is 0. The summed E-state index contributed by atoms with van der Waals surface area (Å²) >= 11 is 0. The lowest BCUT2D eigenvalue weighted by Crippen LogP contribution is -2.38. The van der Waals surface area contributed by atoms with E-state index in [4.69, 9.17) is 0 Å². The number of rotatable bonds is 11. The SMILES string of the molecule is O=C(O)C[C@@H](CC1CC1c1ccc(-c2ccccc2)cc1)C(=O)NC[C@H](O)Cc1ccccc1. The van der Waals surface area contributed by atoms with Gasteiger partial charge < -0.3 is 15.5 Å². The lowest BCUT2D eigenvalue weighted by atomic mass is 9.94. The third-order valence-corrected chi connectivity index (χ3v) is 6.57. The molecule has 2 unspecified atom stereocenters. The Morgan fingerprint density at radius 3 is 2.15 bits per heavy atom. The normalized spacial score (nSPS) is 18.6. The molecule has 34 heavy (non-hydrogen) atoms. The molecule has 1 saturated carbocycles. The molecule has 0 heterocycles. The highest BCUT2D eigenvalue weighted by Gasteiger charge is 2.41. The second-order valence-electron chi connectivity index (χ2n) is 9.21. The van der Waals surface area contributed by atoms with E-state index in [1.165, 1.54) is 16.7 Å². The van der Waals surface area contributed by atoms with Crippen molar-refractivity contribution in [2.75, 3.05) is 6.54 Å². The summed E-state index contributed by atoms with van der Waals surface area (Å²) in [7, 11) is 0. The standard InChI is InChI=1S/C29H31NO4/c31-26(15-20-7-3-1-4-8-20)19-30-29(34)25(18-28(32)33)16-24-17-27(24)23-13-11-22(12-14-23)21-9-5-2-6-10-21/h1-14,24-27,31H,15-19H2,(H,30,34)(H,32,33)/t24?,25-,26-,27?/m1/s1. The van der Waals surface area contributed by atoms with Gasteiger partial charge in [-0.1, -0.05) is 84.9 Å². The van der Waals surface area contributed by atoms with Crippen molar-refractivity contribution in [1.82, 2.24) is 5.32 Å². The van der Waals surface area contributed by atoms with Crippen LogP contribution in [0, 0.1) is 11.8 Å². The highest BCUT2D eigenvalue weighted by Crippen LogP contribution is 2.51. The lowest BCUT2D eigenvalue weighted by Gasteiger charge is -2.17. The predicted octanol–water partition coefficient (Wildman–Crippen LogP) is 4.66. The zero-order valence-corrected chi connectivity index (χ0v) is 19.1. The minimum absolute atomic E-state index is 0.110. The first-order valence-corrected chi connectivity index (χ1v) is 11.9. The highest BCUT2D eigenvalue weighted by molar-refractivity contribution is 5.83. The maximum atomic E-state index is 12.8. The molecule has 1 aliphatic carbocycles. The molecule has 0 saturated heterocycles. The number of carboxylic acid groups (broad SMARTS) is 1. The molecule has 1 aliphatic rings. The Labute approximate surface area is 200 Å². The fraction of sp³-hybridized carbons (Fsp3) is 0.310. The van der Waals surface area contributed by atoms with E-state index in [-0.39, 0.29) is 18.9 Å². The number of hydrogen-bond donors (Lipinski definition) is 3. The Hall–Kier alpha value is -3.44. The first-order valence-electron chi connectivity index (χ1n) is 11.9. The fourth-order valence-corrected chi connectivity index (χ4v) is 4.65. The minimum atomic E-state index is -0.977. The van der Waals surface area contributed by atoms with Crippen molar-refractivity contribution in [1.29, 1.82) is 0 Å². The van der Waals surface area contributed by atoms with E-state index in [9.17, 15) is 19.8 Å². The van der Waals surface area contributed by atoms with Gasteiger partial charge in [-0.3, -0.25) is 9.59 Å². The molecule has 4 rings (SSSR count). The van der Waals surface area contributed by atoms with Gasteiger partial charge in [-0.2, -0.15) is 0 Å². The van der Waals surface area contributed by atoms with Crippen molar-refractivity contribution in [3.05, 3.63) is 96.1 Å². The molecule has 0 aliphatic heterocycles. The lowest BCUT2D eigenvalue weighted by molar-refractivity contribution is -0.141. The van der Waals surface area contributed by atoms with E-state index < -0.39 is 18.0 Å². The molecule has 1 fully saturated rings. The van der Waals surface area contributed by atoms with Gasteiger partial charge in [-0.25, -0.2) is 0 Å². The second kappa shape index (κ2) is 11.1. The van der Waals surface area contributed by atoms with Crippen LogP contribution in [-0.2, 0) is 16.0 Å². The summed E-state index contributed by atoms with van der Waals surface area (Å²) in [4.78, 5) is 24.1. The van der Waals surface area contributed by atoms with Crippen LogP contribution in [0.5, 0.6) is 0 Å². The van der Waals surface area contributed by atoms with Crippen LogP contribution in [0.4, 0.5) is 0 Å². The van der Waals surface area contributed by atoms with Gasteiger partial charge in [0.1, 0.15) is 0 Å². The summed E-state index contributed by atoms with van der Waals surface area (Å²) in [5.74, 6) is -1.21. The molecule has 3 aromatic rings. The molecule has 4 atom stereocenters. The third-order valence-electron chi connectivity index (χ3n) is 6.57. The first kappa shape index (κ1) is 23.7. The average molecular weight is 458 g/mol. The molecule has 3 aromatic carbocycles. The van der Waals surface area contributed by atoms with Crippen molar-refractivity contribution in [3.63, 3.8) is 0 Å². The molecular formula is C29H31NO4. The molecule has 3 N–H and O–H groups in total. The van der Waals surface area contributed by atoms with E-state index in [0.29, 0.717) is 24.7 Å². The quantitative estimate of drug-likeness (QED) is 0.391. The maximum Gasteiger partial charge on any atom is 0.304 e. The van der Waals surface area contributed by atoms with Gasteiger partial charge in [0.05, 0.1) is 12.5 Å². The van der Waals surface area contributed by atoms with Crippen molar-refractivity contribution in [3.8, 4) is 11.1 Å². The Bertz CT molecular complexity index is 1080. The van der Waals surface area contributed by atoms with Crippen molar-refractivity contribution in [2.24, 2.45) is 11.8 Å². The van der Waals surface area contributed by atoms with Crippen LogP contribution in [0.25, 0.3) is 11.1 Å². The summed E-state index contributed by atoms with van der Waals surface area (Å²) in [6.45, 7) is 0.110. The van der Waals surface area contributed by atoms with Crippen molar-refractivity contribution < 1.29 is 19.8 Å². The third kappa shape index (κ3) is 6.55. The number of carbonyl (C=O) groups excluding carboxylic acids is 1. The number of carboxylic acids is 1. The summed E-state index contributed by atoms with van der Waals surface area (Å²) in [5, 5.41) is 22.4. The number of carbonyl (C=O) groups is 2. The van der Waals surface area contributed by atoms with E-state index in [2.05, 4.69) is 41.7 Å². The van der Waals surface area contributed by atoms with Crippen LogP contribution in [0.3, 0.4) is 0 Å². The number of aliphatic hydroxyl groups is 1. The number of benzene rings is 3. The first-order chi connectivity index (χ1) is 16.5. The summed E-state index contributed by atoms with van der Waals surface area (Å²) in [5.41, 5.74) is 4.57. The molecule has 5 heteroatoms. The minimum Gasteiger partial charge on any atom is -0.481 e. The number of amides is 1. The van der Waals surface area contributed by atoms with Gasteiger partial charge >= 0.3 is 5.97 Å². The topological polar surface area (TPSA) is 86.6 Å². The second-order valence-corrected chi connectivity index (χ2v) is 9.21. The molecule has 176 valence electrons. The van der Waals surface area contributed by atoms with Gasteiger partial charge in [0.2, 0.25) is 5.91 Å². The van der Waals surface area contributed by atoms with Crippen molar-refractivity contribution in [2.45, 2.75) is 37.7 Å². The summed E-state index contributed by atoms with van der Waals surface area (Å²) in [6, 6.07) is 28.3. The molecule has 5 nitrogen and oxygen atoms in total. The Morgan fingerprint density at radius 1 is 0.882 bits per heavy atom. The van der Waals surface area contributed by atoms with E-state index in [0.717, 1.165) is 12.0 Å². The van der Waals surface area contributed by atoms with E-state index in [1.54, 1.807) is 0 Å². The van der Waals surface area contributed by atoms with Gasteiger partial charge in [-0.15, -0.1) is 0 Å². The van der Waals surface area contributed by atoms with Crippen LogP contribution in [0.15, 0.2) is 84.9 Å². The Kier molecular flexibility index (Phi) is 7.76. The van der Waals surface area contributed by atoms with Crippen LogP contribution in [0.2, 0.25) is 0 Å². The highest BCUT2D eigenvalue weighted by atomic mass is 16.4. The van der Waals surface area contributed by atoms with Crippen molar-refractivity contribution >= 4 is 11.9 Å². The van der Waals surface area contributed by atoms with Gasteiger partial charge in [-0.05, 0) is 46.9 Å². The number of aliphatic hydroxyl groups excluding tert-OH is 1. The monoisotopic (exact) mass is 457 g/mol. The summed E-state index contributed by atoms with van der Waals surface area (Å²) in [6.07, 6.45) is 1.03. The number of hydrogen-bond acceptors (Lipinski definition) is 3. The molecular weight excluding hydrogens is 426 g/mol. The molecule has 1 amide bonds. The molecule has 0 bridgehead atoms. The van der Waals surface area contributed by atoms with Gasteiger partial charge in [0.25, 0.3) is 0 Å². The van der Waals surface area contributed by atoms with Crippen LogP contribution in [-0.4, -0.2) is 34.7 Å². The van der Waals surface area contributed by atoms with E-state index >= 15 is 0 Å². The van der Waals surface area contributed by atoms with Crippen LogP contribution in [0.1, 0.15) is 36.3 Å².